The van der Waals surface area contributed by atoms with Crippen molar-refractivity contribution >= 4 is 54.0 Å². The zero-order valence-electron chi connectivity index (χ0n) is 17.5. The van der Waals surface area contributed by atoms with Gasteiger partial charge in [0.15, 0.2) is 5.78 Å². The fourth-order valence-electron chi connectivity index (χ4n) is 3.28. The molecule has 3 rings (SSSR count). The lowest BCUT2D eigenvalue weighted by atomic mass is 9.94. The second-order valence-electron chi connectivity index (χ2n) is 7.53. The van der Waals surface area contributed by atoms with E-state index in [-0.39, 0.29) is 5.78 Å². The van der Waals surface area contributed by atoms with E-state index in [1.165, 1.54) is 11.7 Å². The maximum Gasteiger partial charge on any atom is 0.412 e. The summed E-state index contributed by atoms with van der Waals surface area (Å²) < 4.78 is 17.7. The van der Waals surface area contributed by atoms with Crippen LogP contribution in [-0.2, 0) is 14.6 Å². The van der Waals surface area contributed by atoms with Gasteiger partial charge >= 0.3 is 6.09 Å². The third kappa shape index (κ3) is 5.51. The normalized spacial score (nSPS) is 14.9. The Bertz CT molecular complexity index is 1040. The molecule has 0 radical (unpaired) electrons. The van der Waals surface area contributed by atoms with Gasteiger partial charge in [0.25, 0.3) is 5.69 Å². The first-order valence-electron chi connectivity index (χ1n) is 9.73. The molecule has 0 spiro atoms. The Labute approximate surface area is 191 Å². The second-order valence-corrected chi connectivity index (χ2v) is 8.13. The average Bonchev–Trinajstić information content (AvgIpc) is 2.70. The number of halogens is 1. The Morgan fingerprint density at radius 2 is 2.06 bits per heavy atom. The van der Waals surface area contributed by atoms with Crippen LogP contribution in [0.15, 0.2) is 36.4 Å². The molecule has 31 heavy (non-hydrogen) atoms. The van der Waals surface area contributed by atoms with E-state index < -0.39 is 11.7 Å². The summed E-state index contributed by atoms with van der Waals surface area (Å²) in [6.07, 6.45) is 2.64. The summed E-state index contributed by atoms with van der Waals surface area (Å²) in [5, 5.41) is 3.16. The van der Waals surface area contributed by atoms with Crippen LogP contribution in [0.5, 0.6) is 5.75 Å². The summed E-state index contributed by atoms with van der Waals surface area (Å²) >= 11 is 9.89. The van der Waals surface area contributed by atoms with Gasteiger partial charge in [0.2, 0.25) is 6.21 Å². The number of unbranched alkanes of at least 4 members (excludes halogenated alkanes) is 1. The molecular formula is C22H24ClN2O5S+. The van der Waals surface area contributed by atoms with E-state index in [4.69, 9.17) is 25.4 Å². The van der Waals surface area contributed by atoms with Crippen molar-refractivity contribution in [2.75, 3.05) is 11.9 Å². The molecule has 0 aliphatic carbocycles. The van der Waals surface area contributed by atoms with Crippen molar-refractivity contribution in [3.63, 3.8) is 0 Å². The predicted molar refractivity (Wildman–Crippen MR) is 122 cm³/mol. The quantitative estimate of drug-likeness (QED) is 0.0999. The minimum absolute atomic E-state index is 0.125. The molecule has 2 aromatic carbocycles. The highest BCUT2D eigenvalue weighted by Crippen LogP contribution is 2.37. The number of thiol groups is 1. The number of carbonyl (C=O) groups excluding carboxylic acids is 2. The van der Waals surface area contributed by atoms with Crippen molar-refractivity contribution in [2.45, 2.75) is 39.2 Å². The van der Waals surface area contributed by atoms with Crippen molar-refractivity contribution in [3.8, 4) is 5.75 Å². The first-order chi connectivity index (χ1) is 14.7. The maximum atomic E-state index is 11.9. The molecule has 9 heteroatoms. The van der Waals surface area contributed by atoms with Gasteiger partial charge in [-0.1, -0.05) is 11.6 Å². The van der Waals surface area contributed by atoms with Gasteiger partial charge in [0.05, 0.1) is 17.9 Å². The minimum Gasteiger partial charge on any atom is -0.494 e. The molecule has 0 saturated carbocycles. The molecule has 0 bridgehead atoms. The average molecular weight is 464 g/mol. The van der Waals surface area contributed by atoms with Crippen LogP contribution in [0, 0.1) is 0 Å². The Morgan fingerprint density at radius 3 is 2.77 bits per heavy atom. The Balaban J connectivity index is 1.62. The number of nitrogens with one attached hydrogen (secondary N) is 1. The molecule has 1 aliphatic rings. The first kappa shape index (κ1) is 23.0. The third-order valence-corrected chi connectivity index (χ3v) is 5.21. The van der Waals surface area contributed by atoms with Gasteiger partial charge in [-0.25, -0.2) is 4.79 Å². The Morgan fingerprint density at radius 1 is 1.29 bits per heavy atom. The highest BCUT2D eigenvalue weighted by atomic mass is 35.5. The van der Waals surface area contributed by atoms with Crippen LogP contribution in [0.1, 0.15) is 49.5 Å². The molecule has 7 nitrogen and oxygen atoms in total. The van der Waals surface area contributed by atoms with Crippen LogP contribution in [0.25, 0.3) is 0 Å². The minimum atomic E-state index is -0.734. The number of benzene rings is 2. The van der Waals surface area contributed by atoms with Crippen LogP contribution < -0.4 is 10.1 Å². The summed E-state index contributed by atoms with van der Waals surface area (Å²) in [4.78, 5) is 23.5. The molecular weight excluding hydrogens is 440 g/mol. The summed E-state index contributed by atoms with van der Waals surface area (Å²) in [6, 6.07) is 10.5. The topological polar surface area (TPSA) is 76.9 Å². The summed E-state index contributed by atoms with van der Waals surface area (Å²) in [5.41, 5.74) is 1.84. The molecule has 0 aromatic heterocycles. The monoisotopic (exact) mass is 463 g/mol. The predicted octanol–water partition coefficient (Wildman–Crippen LogP) is 5.69. The number of ketones is 1. The number of amides is 1. The summed E-state index contributed by atoms with van der Waals surface area (Å²) in [5.74, 6) is 0.561. The number of ether oxygens (including phenoxy) is 2. The third-order valence-electron chi connectivity index (χ3n) is 4.80. The van der Waals surface area contributed by atoms with Crippen LogP contribution in [-0.4, -0.2) is 29.4 Å². The number of anilines is 1. The van der Waals surface area contributed by atoms with Gasteiger partial charge < -0.3 is 9.47 Å². The van der Waals surface area contributed by atoms with Gasteiger partial charge in [-0.05, 0) is 57.5 Å². The molecule has 0 unspecified atom stereocenters. The molecule has 164 valence electrons. The number of fused-ring (bicyclic) bond motifs is 1. The number of hydrogen-bond donors (Lipinski definition) is 2. The highest BCUT2D eigenvalue weighted by molar-refractivity contribution is 7.74. The molecule has 1 aliphatic heterocycles. The van der Waals surface area contributed by atoms with E-state index >= 15 is 0 Å². The van der Waals surface area contributed by atoms with E-state index in [0.717, 1.165) is 5.56 Å². The zero-order chi connectivity index (χ0) is 22.6. The SMILES string of the molecule is CC(=O)c1cc(Cl)ccc1[N+](=CCCCOc1ccc2c(c1)C(C)(C)OC(=O)N2)OS. The fraction of sp³-hybridized carbons (Fsp3) is 0.318. The van der Waals surface area contributed by atoms with Crippen molar-refractivity contribution in [1.82, 2.24) is 0 Å². The summed E-state index contributed by atoms with van der Waals surface area (Å²) in [6.45, 7) is 5.60. The molecule has 1 heterocycles. The lowest BCUT2D eigenvalue weighted by Gasteiger charge is -2.32. The van der Waals surface area contributed by atoms with Crippen LogP contribution in [0.4, 0.5) is 16.2 Å². The van der Waals surface area contributed by atoms with Gasteiger partial charge in [0.1, 0.15) is 24.3 Å². The standard InChI is InChI=1S/C22H23ClN2O5S/c1-14(26)17-12-15(23)6-9-20(17)25(30-31)10-4-5-11-28-16-7-8-19-18(13-16)22(2,3)29-21(27)24-19/h6-10,12-13H,4-5,11H2,1-3H3,(H-,24,27,31)/p+1. The van der Waals surface area contributed by atoms with E-state index in [0.29, 0.717) is 47.2 Å². The molecule has 1 amide bonds. The zero-order valence-corrected chi connectivity index (χ0v) is 19.1. The smallest absolute Gasteiger partial charge is 0.412 e. The van der Waals surface area contributed by atoms with Crippen LogP contribution in [0.3, 0.4) is 0 Å². The van der Waals surface area contributed by atoms with Crippen LogP contribution >= 0.6 is 24.5 Å². The van der Waals surface area contributed by atoms with E-state index in [1.807, 2.05) is 19.9 Å². The van der Waals surface area contributed by atoms with E-state index in [2.05, 4.69) is 18.2 Å². The number of Topliss-reactive ketones (excluding diaryl/α,β-unsaturated/α-hetero) is 1. The van der Waals surface area contributed by atoms with Crippen molar-refractivity contribution in [2.24, 2.45) is 0 Å². The van der Waals surface area contributed by atoms with Crippen molar-refractivity contribution in [3.05, 3.63) is 52.5 Å². The van der Waals surface area contributed by atoms with Crippen LogP contribution in [0.2, 0.25) is 5.02 Å². The van der Waals surface area contributed by atoms with Gasteiger partial charge in [-0.15, -0.1) is 0 Å². The van der Waals surface area contributed by atoms with Gasteiger partial charge in [0, 0.05) is 27.8 Å². The summed E-state index contributed by atoms with van der Waals surface area (Å²) in [7, 11) is 0. The Hall–Kier alpha value is -2.71. The van der Waals surface area contributed by atoms with E-state index in [1.54, 1.807) is 36.5 Å². The molecule has 0 fully saturated rings. The van der Waals surface area contributed by atoms with Gasteiger partial charge in [-0.3, -0.25) is 10.1 Å². The lowest BCUT2D eigenvalue weighted by molar-refractivity contribution is -0.672. The lowest BCUT2D eigenvalue weighted by Crippen LogP contribution is -2.34. The number of nitrogens with zero attached hydrogens (tertiary/aromatic N) is 1. The Kier molecular flexibility index (Phi) is 7.12. The number of rotatable bonds is 8. The first-order valence-corrected chi connectivity index (χ1v) is 10.5. The molecule has 0 saturated heterocycles. The molecule has 0 atom stereocenters. The molecule has 2 aromatic rings. The van der Waals surface area contributed by atoms with Gasteiger partial charge in [-0.2, -0.15) is 4.28 Å². The largest absolute Gasteiger partial charge is 0.494 e. The van der Waals surface area contributed by atoms with Crippen molar-refractivity contribution in [1.29, 1.82) is 0 Å². The number of hydrogen-bond acceptors (Lipinski definition) is 6. The second kappa shape index (κ2) is 9.62. The van der Waals surface area contributed by atoms with Crippen molar-refractivity contribution < 1.29 is 28.1 Å². The maximum absolute atomic E-state index is 11.9. The number of cyclic esters (lactones) is 1. The van der Waals surface area contributed by atoms with E-state index in [9.17, 15) is 9.59 Å². The highest BCUT2D eigenvalue weighted by Gasteiger charge is 2.33. The fourth-order valence-corrected chi connectivity index (χ4v) is 3.61. The molecule has 1 N–H and O–H groups in total. The number of carbonyl (C=O) groups is 2.